The molecule has 1 nitrogen and oxygen atoms in total. The molecule has 1 heterocycles. The third-order valence-corrected chi connectivity index (χ3v) is 4.06. The Hall–Kier alpha value is -2.00. The quantitative estimate of drug-likeness (QED) is 0.623. The van der Waals surface area contributed by atoms with Crippen molar-refractivity contribution in [3.8, 4) is 0 Å². The minimum Gasteiger partial charge on any atom is -0.288 e. The first-order chi connectivity index (χ1) is 9.16. The highest BCUT2D eigenvalue weighted by atomic mass is 32.1. The molecule has 0 saturated heterocycles. The van der Waals surface area contributed by atoms with Crippen molar-refractivity contribution >= 4 is 27.2 Å². The Kier molecular flexibility index (Phi) is 2.91. The lowest BCUT2D eigenvalue weighted by atomic mass is 10.0. The van der Waals surface area contributed by atoms with Crippen LogP contribution < -0.4 is 0 Å². The van der Waals surface area contributed by atoms with Gasteiger partial charge < -0.3 is 0 Å². The summed E-state index contributed by atoms with van der Waals surface area (Å²) in [7, 11) is 0. The average molecular weight is 270 g/mol. The average Bonchev–Trinajstić information content (AvgIpc) is 2.82. The van der Waals surface area contributed by atoms with Crippen LogP contribution in [-0.2, 0) is 0 Å². The van der Waals surface area contributed by atoms with Gasteiger partial charge in [0, 0.05) is 21.0 Å². The molecule has 0 N–H and O–H groups in total. The lowest BCUT2D eigenvalue weighted by molar-refractivity contribution is 0.103. The fourth-order valence-corrected chi connectivity index (χ4v) is 3.04. The van der Waals surface area contributed by atoms with Crippen molar-refractivity contribution in [3.63, 3.8) is 0 Å². The van der Waals surface area contributed by atoms with Gasteiger partial charge in [0.1, 0.15) is 5.82 Å². The molecule has 2 aromatic carbocycles. The van der Waals surface area contributed by atoms with E-state index in [2.05, 4.69) is 0 Å². The van der Waals surface area contributed by atoms with Gasteiger partial charge in [-0.2, -0.15) is 0 Å². The van der Waals surface area contributed by atoms with Gasteiger partial charge in [0.25, 0.3) is 0 Å². The highest BCUT2D eigenvalue weighted by Crippen LogP contribution is 2.28. The molecule has 0 amide bonds. The normalized spacial score (nSPS) is 10.8. The van der Waals surface area contributed by atoms with Crippen molar-refractivity contribution in [2.24, 2.45) is 0 Å². The Labute approximate surface area is 114 Å². The number of ketones is 1. The molecule has 1 aromatic heterocycles. The van der Waals surface area contributed by atoms with Crippen molar-refractivity contribution in [2.45, 2.75) is 6.92 Å². The first-order valence-corrected chi connectivity index (χ1v) is 6.82. The van der Waals surface area contributed by atoms with Crippen LogP contribution in [0.2, 0.25) is 0 Å². The maximum absolute atomic E-state index is 13.9. The summed E-state index contributed by atoms with van der Waals surface area (Å²) >= 11 is 1.50. The molecule has 0 saturated carbocycles. The number of fused-ring (bicyclic) bond motifs is 1. The molecule has 0 aliphatic heterocycles. The van der Waals surface area contributed by atoms with E-state index in [9.17, 15) is 9.18 Å². The van der Waals surface area contributed by atoms with Gasteiger partial charge in [-0.25, -0.2) is 4.39 Å². The van der Waals surface area contributed by atoms with Crippen molar-refractivity contribution in [2.75, 3.05) is 0 Å². The largest absolute Gasteiger partial charge is 0.288 e. The van der Waals surface area contributed by atoms with Crippen molar-refractivity contribution in [1.82, 2.24) is 0 Å². The van der Waals surface area contributed by atoms with Gasteiger partial charge in [-0.1, -0.05) is 24.3 Å². The standard InChI is InChI=1S/C16H11FOS/c1-10-6-7-12(14(17)8-10)16(18)13-9-19-15-5-3-2-4-11(13)15/h2-9H,1H3. The number of halogens is 1. The van der Waals surface area contributed by atoms with E-state index in [-0.39, 0.29) is 11.3 Å². The van der Waals surface area contributed by atoms with E-state index in [1.807, 2.05) is 24.3 Å². The Balaban J connectivity index is 2.13. The topological polar surface area (TPSA) is 17.1 Å². The van der Waals surface area contributed by atoms with Crippen LogP contribution in [0, 0.1) is 12.7 Å². The Morgan fingerprint density at radius 3 is 2.68 bits per heavy atom. The first kappa shape index (κ1) is 12.1. The van der Waals surface area contributed by atoms with Crippen molar-refractivity contribution in [3.05, 3.63) is 70.4 Å². The number of aryl methyl sites for hydroxylation is 1. The van der Waals surface area contributed by atoms with E-state index >= 15 is 0 Å². The maximum Gasteiger partial charge on any atom is 0.197 e. The van der Waals surface area contributed by atoms with Crippen LogP contribution in [0.25, 0.3) is 10.1 Å². The second-order valence-electron chi connectivity index (χ2n) is 4.46. The molecule has 0 aliphatic carbocycles. The van der Waals surface area contributed by atoms with Crippen LogP contribution in [0.1, 0.15) is 21.5 Å². The molecule has 0 spiro atoms. The van der Waals surface area contributed by atoms with Crippen LogP contribution in [0.3, 0.4) is 0 Å². The number of rotatable bonds is 2. The molecule has 94 valence electrons. The maximum atomic E-state index is 13.9. The Morgan fingerprint density at radius 2 is 1.89 bits per heavy atom. The third kappa shape index (κ3) is 2.06. The van der Waals surface area contributed by atoms with Crippen LogP contribution in [0.4, 0.5) is 4.39 Å². The number of carbonyl (C=O) groups excluding carboxylic acids is 1. The molecule has 0 radical (unpaired) electrons. The van der Waals surface area contributed by atoms with Gasteiger partial charge >= 0.3 is 0 Å². The zero-order valence-corrected chi connectivity index (χ0v) is 11.1. The monoisotopic (exact) mass is 270 g/mol. The molecule has 3 rings (SSSR count). The summed E-state index contributed by atoms with van der Waals surface area (Å²) in [5, 5.41) is 2.68. The van der Waals surface area contributed by atoms with Crippen LogP contribution in [-0.4, -0.2) is 5.78 Å². The molecular weight excluding hydrogens is 259 g/mol. The molecule has 3 heteroatoms. The lowest BCUT2D eigenvalue weighted by Gasteiger charge is -2.03. The smallest absolute Gasteiger partial charge is 0.197 e. The lowest BCUT2D eigenvalue weighted by Crippen LogP contribution is -2.03. The molecule has 0 atom stereocenters. The predicted molar refractivity (Wildman–Crippen MR) is 76.4 cm³/mol. The zero-order valence-electron chi connectivity index (χ0n) is 10.3. The highest BCUT2D eigenvalue weighted by molar-refractivity contribution is 7.17. The molecule has 0 bridgehead atoms. The number of hydrogen-bond donors (Lipinski definition) is 0. The molecule has 0 unspecified atom stereocenters. The fourth-order valence-electron chi connectivity index (χ4n) is 2.10. The molecule has 0 fully saturated rings. The summed E-state index contributed by atoms with van der Waals surface area (Å²) in [5.41, 5.74) is 1.52. The summed E-state index contributed by atoms with van der Waals surface area (Å²) in [6.45, 7) is 1.80. The number of benzene rings is 2. The van der Waals surface area contributed by atoms with E-state index in [1.165, 1.54) is 17.4 Å². The number of thiophene rings is 1. The summed E-state index contributed by atoms with van der Waals surface area (Å²) in [5.74, 6) is -0.713. The minimum atomic E-state index is -0.458. The summed E-state index contributed by atoms with van der Waals surface area (Å²) in [4.78, 5) is 12.4. The van der Waals surface area contributed by atoms with Gasteiger partial charge in [-0.3, -0.25) is 4.79 Å². The van der Waals surface area contributed by atoms with Gasteiger partial charge in [-0.15, -0.1) is 11.3 Å². The van der Waals surface area contributed by atoms with Gasteiger partial charge in [0.15, 0.2) is 5.78 Å². The summed E-state index contributed by atoms with van der Waals surface area (Å²) in [6.07, 6.45) is 0. The second kappa shape index (κ2) is 4.59. The molecule has 3 aromatic rings. The SMILES string of the molecule is Cc1ccc(C(=O)c2csc3ccccc23)c(F)c1. The first-order valence-electron chi connectivity index (χ1n) is 5.94. The number of hydrogen-bond acceptors (Lipinski definition) is 2. The highest BCUT2D eigenvalue weighted by Gasteiger charge is 2.17. The van der Waals surface area contributed by atoms with Crippen LogP contribution in [0.5, 0.6) is 0 Å². The summed E-state index contributed by atoms with van der Waals surface area (Å²) < 4.78 is 14.9. The Bertz CT molecular complexity index is 773. The minimum absolute atomic E-state index is 0.133. The second-order valence-corrected chi connectivity index (χ2v) is 5.37. The van der Waals surface area contributed by atoms with Crippen LogP contribution in [0.15, 0.2) is 47.8 Å². The Morgan fingerprint density at radius 1 is 1.11 bits per heavy atom. The van der Waals surface area contributed by atoms with E-state index in [0.717, 1.165) is 15.6 Å². The van der Waals surface area contributed by atoms with E-state index in [1.54, 1.807) is 24.4 Å². The molecule has 19 heavy (non-hydrogen) atoms. The summed E-state index contributed by atoms with van der Waals surface area (Å²) in [6, 6.07) is 12.4. The van der Waals surface area contributed by atoms with Crippen LogP contribution >= 0.6 is 11.3 Å². The van der Waals surface area contributed by atoms with E-state index in [4.69, 9.17) is 0 Å². The molecule has 0 aliphatic rings. The predicted octanol–water partition coefficient (Wildman–Crippen LogP) is 4.58. The van der Waals surface area contributed by atoms with Crippen molar-refractivity contribution in [1.29, 1.82) is 0 Å². The van der Waals surface area contributed by atoms with Gasteiger partial charge in [0.2, 0.25) is 0 Å². The van der Waals surface area contributed by atoms with E-state index in [0.29, 0.717) is 5.56 Å². The third-order valence-electron chi connectivity index (χ3n) is 3.09. The fraction of sp³-hybridized carbons (Fsp3) is 0.0625. The van der Waals surface area contributed by atoms with Crippen molar-refractivity contribution < 1.29 is 9.18 Å². The van der Waals surface area contributed by atoms with Gasteiger partial charge in [-0.05, 0) is 30.7 Å². The van der Waals surface area contributed by atoms with E-state index < -0.39 is 5.82 Å². The zero-order chi connectivity index (χ0) is 13.4. The molecular formula is C16H11FOS. The number of carbonyl (C=O) groups is 1. The van der Waals surface area contributed by atoms with Gasteiger partial charge in [0.05, 0.1) is 5.56 Å².